The van der Waals surface area contributed by atoms with Crippen molar-refractivity contribution in [2.75, 3.05) is 13.1 Å². The molecule has 0 aromatic carbocycles. The van der Waals surface area contributed by atoms with Crippen LogP contribution in [0.5, 0.6) is 0 Å². The molecule has 1 saturated heterocycles. The van der Waals surface area contributed by atoms with Gasteiger partial charge in [0.1, 0.15) is 5.72 Å². The Kier molecular flexibility index (Phi) is 2.28. The summed E-state index contributed by atoms with van der Waals surface area (Å²) in [4.78, 5) is 0. The number of nitrogens with one attached hydrogen (secondary N) is 1. The SMILES string of the molecule is CC(N)(O)C1CCNCC1. The summed E-state index contributed by atoms with van der Waals surface area (Å²) in [5.74, 6) is 0.272. The lowest BCUT2D eigenvalue weighted by Gasteiger charge is -2.32. The highest BCUT2D eigenvalue weighted by atomic mass is 16.3. The number of piperidine rings is 1. The molecule has 0 spiro atoms. The van der Waals surface area contributed by atoms with Crippen LogP contribution in [-0.4, -0.2) is 23.9 Å². The van der Waals surface area contributed by atoms with Gasteiger partial charge in [-0.05, 0) is 32.9 Å². The summed E-state index contributed by atoms with van der Waals surface area (Å²) in [6.45, 7) is 3.65. The molecule has 0 aliphatic carbocycles. The molecular formula is C7H16N2O. The average molecular weight is 144 g/mol. The Morgan fingerprint density at radius 2 is 2.00 bits per heavy atom. The minimum absolute atomic E-state index is 0.272. The van der Waals surface area contributed by atoms with Crippen LogP contribution in [-0.2, 0) is 0 Å². The molecule has 1 aliphatic heterocycles. The Hall–Kier alpha value is -0.120. The highest BCUT2D eigenvalue weighted by Crippen LogP contribution is 2.20. The lowest BCUT2D eigenvalue weighted by Crippen LogP contribution is -2.48. The molecule has 10 heavy (non-hydrogen) atoms. The first-order valence-electron chi connectivity index (χ1n) is 3.82. The maximum Gasteiger partial charge on any atom is 0.113 e. The maximum absolute atomic E-state index is 9.39. The molecule has 0 radical (unpaired) electrons. The van der Waals surface area contributed by atoms with E-state index in [1.807, 2.05) is 0 Å². The van der Waals surface area contributed by atoms with E-state index in [1.54, 1.807) is 6.92 Å². The van der Waals surface area contributed by atoms with Crippen LogP contribution in [0.2, 0.25) is 0 Å². The zero-order chi connectivity index (χ0) is 7.61. The number of aliphatic hydroxyl groups is 1. The van der Waals surface area contributed by atoms with E-state index in [0.717, 1.165) is 25.9 Å². The number of hydrogen-bond acceptors (Lipinski definition) is 3. The lowest BCUT2D eigenvalue weighted by atomic mass is 9.89. The number of nitrogens with two attached hydrogens (primary N) is 1. The van der Waals surface area contributed by atoms with Crippen molar-refractivity contribution in [3.8, 4) is 0 Å². The Morgan fingerprint density at radius 3 is 2.30 bits per heavy atom. The second-order valence-electron chi connectivity index (χ2n) is 3.25. The molecular weight excluding hydrogens is 128 g/mol. The van der Waals surface area contributed by atoms with Crippen molar-refractivity contribution in [3.63, 3.8) is 0 Å². The van der Waals surface area contributed by atoms with Gasteiger partial charge in [-0.2, -0.15) is 0 Å². The van der Waals surface area contributed by atoms with Crippen LogP contribution in [0.25, 0.3) is 0 Å². The van der Waals surface area contributed by atoms with Gasteiger partial charge in [-0.15, -0.1) is 0 Å². The second kappa shape index (κ2) is 2.86. The highest BCUT2D eigenvalue weighted by Gasteiger charge is 2.28. The van der Waals surface area contributed by atoms with Crippen LogP contribution >= 0.6 is 0 Å². The van der Waals surface area contributed by atoms with Gasteiger partial charge in [0.25, 0.3) is 0 Å². The monoisotopic (exact) mass is 144 g/mol. The number of rotatable bonds is 1. The first-order chi connectivity index (χ1) is 4.61. The van der Waals surface area contributed by atoms with Gasteiger partial charge in [-0.25, -0.2) is 0 Å². The molecule has 1 rings (SSSR count). The van der Waals surface area contributed by atoms with Crippen molar-refractivity contribution in [1.29, 1.82) is 0 Å². The van der Waals surface area contributed by atoms with Crippen LogP contribution < -0.4 is 11.1 Å². The number of hydrogen-bond donors (Lipinski definition) is 3. The van der Waals surface area contributed by atoms with Crippen LogP contribution in [0.15, 0.2) is 0 Å². The fourth-order valence-electron chi connectivity index (χ4n) is 1.41. The molecule has 0 aromatic heterocycles. The molecule has 0 saturated carbocycles. The summed E-state index contributed by atoms with van der Waals surface area (Å²) < 4.78 is 0. The Labute approximate surface area is 61.6 Å². The van der Waals surface area contributed by atoms with Gasteiger partial charge in [0.15, 0.2) is 0 Å². The molecule has 0 bridgehead atoms. The average Bonchev–Trinajstić information content (AvgIpc) is 1.88. The minimum Gasteiger partial charge on any atom is -0.376 e. The standard InChI is InChI=1S/C7H16N2O/c1-7(8,10)6-2-4-9-5-3-6/h6,9-10H,2-5,8H2,1H3. The Morgan fingerprint density at radius 1 is 1.50 bits per heavy atom. The largest absolute Gasteiger partial charge is 0.376 e. The van der Waals surface area contributed by atoms with E-state index in [2.05, 4.69) is 5.32 Å². The molecule has 1 heterocycles. The quantitative estimate of drug-likeness (QED) is 0.441. The molecule has 3 nitrogen and oxygen atoms in total. The predicted molar refractivity (Wildman–Crippen MR) is 40.4 cm³/mol. The van der Waals surface area contributed by atoms with Crippen molar-refractivity contribution in [3.05, 3.63) is 0 Å². The molecule has 0 amide bonds. The lowest BCUT2D eigenvalue weighted by molar-refractivity contribution is -0.00770. The second-order valence-corrected chi connectivity index (χ2v) is 3.25. The Balaban J connectivity index is 2.39. The third-order valence-electron chi connectivity index (χ3n) is 2.17. The fourth-order valence-corrected chi connectivity index (χ4v) is 1.41. The summed E-state index contributed by atoms with van der Waals surface area (Å²) in [6.07, 6.45) is 1.98. The van der Waals surface area contributed by atoms with Crippen LogP contribution in [0.1, 0.15) is 19.8 Å². The summed E-state index contributed by atoms with van der Waals surface area (Å²) >= 11 is 0. The summed E-state index contributed by atoms with van der Waals surface area (Å²) in [5, 5.41) is 12.6. The maximum atomic E-state index is 9.39. The van der Waals surface area contributed by atoms with E-state index in [1.165, 1.54) is 0 Å². The molecule has 3 heteroatoms. The molecule has 60 valence electrons. The van der Waals surface area contributed by atoms with Crippen LogP contribution in [0.4, 0.5) is 0 Å². The van der Waals surface area contributed by atoms with Crippen molar-refractivity contribution in [1.82, 2.24) is 5.32 Å². The van der Waals surface area contributed by atoms with Gasteiger partial charge < -0.3 is 16.2 Å². The van der Waals surface area contributed by atoms with Crippen LogP contribution in [0.3, 0.4) is 0 Å². The van der Waals surface area contributed by atoms with E-state index in [-0.39, 0.29) is 5.92 Å². The molecule has 0 aromatic rings. The first-order valence-corrected chi connectivity index (χ1v) is 3.82. The fraction of sp³-hybridized carbons (Fsp3) is 1.00. The zero-order valence-electron chi connectivity index (χ0n) is 6.43. The van der Waals surface area contributed by atoms with Crippen molar-refractivity contribution in [2.24, 2.45) is 11.7 Å². The molecule has 4 N–H and O–H groups in total. The molecule has 1 aliphatic rings. The van der Waals surface area contributed by atoms with E-state index in [9.17, 15) is 5.11 Å². The van der Waals surface area contributed by atoms with E-state index < -0.39 is 5.72 Å². The van der Waals surface area contributed by atoms with Gasteiger partial charge >= 0.3 is 0 Å². The third kappa shape index (κ3) is 1.94. The Bertz CT molecular complexity index is 103. The predicted octanol–water partition coefficient (Wildman–Crippen LogP) is -0.347. The van der Waals surface area contributed by atoms with E-state index in [4.69, 9.17) is 5.73 Å². The molecule has 1 unspecified atom stereocenters. The topological polar surface area (TPSA) is 58.3 Å². The van der Waals surface area contributed by atoms with E-state index in [0.29, 0.717) is 0 Å². The van der Waals surface area contributed by atoms with Crippen molar-refractivity contribution >= 4 is 0 Å². The van der Waals surface area contributed by atoms with E-state index >= 15 is 0 Å². The highest BCUT2D eigenvalue weighted by molar-refractivity contribution is 4.80. The first kappa shape index (κ1) is 7.98. The van der Waals surface area contributed by atoms with Crippen molar-refractivity contribution in [2.45, 2.75) is 25.5 Å². The normalized spacial score (nSPS) is 27.9. The summed E-state index contributed by atoms with van der Waals surface area (Å²) in [6, 6.07) is 0. The minimum atomic E-state index is -0.970. The van der Waals surface area contributed by atoms with Gasteiger partial charge in [0.05, 0.1) is 0 Å². The third-order valence-corrected chi connectivity index (χ3v) is 2.17. The van der Waals surface area contributed by atoms with Gasteiger partial charge in [-0.3, -0.25) is 0 Å². The molecule has 1 atom stereocenters. The van der Waals surface area contributed by atoms with Gasteiger partial charge in [0.2, 0.25) is 0 Å². The van der Waals surface area contributed by atoms with Crippen molar-refractivity contribution < 1.29 is 5.11 Å². The van der Waals surface area contributed by atoms with Gasteiger partial charge in [-0.1, -0.05) is 0 Å². The summed E-state index contributed by atoms with van der Waals surface area (Å²) in [5.41, 5.74) is 4.57. The zero-order valence-corrected chi connectivity index (χ0v) is 6.43. The smallest absolute Gasteiger partial charge is 0.113 e. The van der Waals surface area contributed by atoms with Gasteiger partial charge in [0, 0.05) is 5.92 Å². The van der Waals surface area contributed by atoms with Crippen LogP contribution in [0, 0.1) is 5.92 Å². The summed E-state index contributed by atoms with van der Waals surface area (Å²) in [7, 11) is 0. The molecule has 1 fully saturated rings.